The number of fused-ring (bicyclic) bond motifs is 1. The Bertz CT molecular complexity index is 1480. The number of nitrogens with zero attached hydrogens (tertiary/aromatic N) is 7. The first-order valence-corrected chi connectivity index (χ1v) is 13.2. The molecule has 2 atom stereocenters. The zero-order valence-corrected chi connectivity index (χ0v) is 21.9. The number of unbranched alkanes of at least 4 members (excludes halogenated alkanes) is 2. The van der Waals surface area contributed by atoms with Crippen LogP contribution in [-0.2, 0) is 13.5 Å². The summed E-state index contributed by atoms with van der Waals surface area (Å²) in [6.45, 7) is 1.13. The van der Waals surface area contributed by atoms with Gasteiger partial charge in [0, 0.05) is 48.4 Å². The van der Waals surface area contributed by atoms with E-state index in [0.717, 1.165) is 36.9 Å². The fraction of sp³-hybridized carbons (Fsp3) is 0.407. The summed E-state index contributed by atoms with van der Waals surface area (Å²) in [5.41, 5.74) is 3.46. The van der Waals surface area contributed by atoms with Crippen molar-refractivity contribution in [2.75, 3.05) is 13.1 Å². The second kappa shape index (κ2) is 11.3. The highest BCUT2D eigenvalue weighted by atomic mass is 35.5. The van der Waals surface area contributed by atoms with E-state index in [9.17, 15) is 15.2 Å². The lowest BCUT2D eigenvalue weighted by Gasteiger charge is -2.17. The minimum absolute atomic E-state index is 0.0612. The lowest BCUT2D eigenvalue weighted by molar-refractivity contribution is 0.0791. The highest BCUT2D eigenvalue weighted by Crippen LogP contribution is 2.31. The molecule has 0 aliphatic carbocycles. The highest BCUT2D eigenvalue weighted by Gasteiger charge is 2.33. The fourth-order valence-electron chi connectivity index (χ4n) is 5.31. The van der Waals surface area contributed by atoms with E-state index < -0.39 is 6.10 Å². The standard InChI is InChI=1S/C27H29ClN8O2/c1-35-22(8-3-2-4-9-23(37)18-6-5-7-20(28)13-18)24(21-12-17(14-29)15-30-26(21)35)27(38)36-11-10-19(16-36)25-31-33-34-32-25/h5-7,12-13,15,19,23,37H,2-4,8-11,16H2,1H3,(H,31,32,33,34)/t19-,23?/m0/s1. The summed E-state index contributed by atoms with van der Waals surface area (Å²) in [6.07, 6.45) is 5.68. The minimum Gasteiger partial charge on any atom is -0.388 e. The van der Waals surface area contributed by atoms with Crippen LogP contribution in [0.3, 0.4) is 0 Å². The van der Waals surface area contributed by atoms with Crippen LogP contribution in [-0.4, -0.2) is 59.2 Å². The Morgan fingerprint density at radius 1 is 1.32 bits per heavy atom. The molecule has 5 rings (SSSR count). The van der Waals surface area contributed by atoms with Crippen molar-refractivity contribution in [3.8, 4) is 6.07 Å². The Morgan fingerprint density at radius 2 is 2.18 bits per heavy atom. The second-order valence-electron chi connectivity index (χ2n) is 9.78. The van der Waals surface area contributed by atoms with Gasteiger partial charge in [0.15, 0.2) is 5.82 Å². The smallest absolute Gasteiger partial charge is 0.256 e. The molecule has 1 aliphatic rings. The molecule has 38 heavy (non-hydrogen) atoms. The van der Waals surface area contributed by atoms with Crippen LogP contribution in [0.2, 0.25) is 5.02 Å². The van der Waals surface area contributed by atoms with Gasteiger partial charge in [-0.3, -0.25) is 4.79 Å². The summed E-state index contributed by atoms with van der Waals surface area (Å²) in [5.74, 6) is 0.687. The van der Waals surface area contributed by atoms with Crippen molar-refractivity contribution in [3.63, 3.8) is 0 Å². The Kier molecular flexibility index (Phi) is 7.67. The summed E-state index contributed by atoms with van der Waals surface area (Å²) >= 11 is 6.05. The first kappa shape index (κ1) is 25.8. The van der Waals surface area contributed by atoms with Crippen LogP contribution in [0.25, 0.3) is 11.0 Å². The third-order valence-electron chi connectivity index (χ3n) is 7.34. The van der Waals surface area contributed by atoms with E-state index >= 15 is 0 Å². The van der Waals surface area contributed by atoms with E-state index in [1.165, 1.54) is 0 Å². The highest BCUT2D eigenvalue weighted by molar-refractivity contribution is 6.30. The average molecular weight is 533 g/mol. The predicted molar refractivity (Wildman–Crippen MR) is 141 cm³/mol. The molecule has 1 saturated heterocycles. The molecule has 0 spiro atoms. The van der Waals surface area contributed by atoms with Crippen LogP contribution >= 0.6 is 11.6 Å². The van der Waals surface area contributed by atoms with Gasteiger partial charge in [0.05, 0.1) is 17.2 Å². The number of tetrazole rings is 1. The van der Waals surface area contributed by atoms with Gasteiger partial charge >= 0.3 is 0 Å². The monoisotopic (exact) mass is 532 g/mol. The maximum absolute atomic E-state index is 13.9. The van der Waals surface area contributed by atoms with Crippen molar-refractivity contribution < 1.29 is 9.90 Å². The van der Waals surface area contributed by atoms with Crippen LogP contribution in [0.5, 0.6) is 0 Å². The number of hydrogen-bond donors (Lipinski definition) is 2. The Hall–Kier alpha value is -3.81. The fourth-order valence-corrected chi connectivity index (χ4v) is 5.50. The van der Waals surface area contributed by atoms with Crippen LogP contribution < -0.4 is 0 Å². The van der Waals surface area contributed by atoms with Gasteiger partial charge in [-0.05, 0) is 59.9 Å². The van der Waals surface area contributed by atoms with Gasteiger partial charge in [0.25, 0.3) is 5.91 Å². The zero-order valence-electron chi connectivity index (χ0n) is 21.1. The van der Waals surface area contributed by atoms with Gasteiger partial charge in [0.2, 0.25) is 0 Å². The normalized spacial score (nSPS) is 16.2. The van der Waals surface area contributed by atoms with Crippen molar-refractivity contribution in [2.45, 2.75) is 50.5 Å². The predicted octanol–water partition coefficient (Wildman–Crippen LogP) is 4.08. The van der Waals surface area contributed by atoms with Crippen molar-refractivity contribution in [1.29, 1.82) is 5.26 Å². The molecule has 196 valence electrons. The molecule has 1 aromatic carbocycles. The minimum atomic E-state index is -0.556. The van der Waals surface area contributed by atoms with Gasteiger partial charge in [-0.1, -0.05) is 36.6 Å². The number of aliphatic hydroxyl groups excluding tert-OH is 1. The second-order valence-corrected chi connectivity index (χ2v) is 10.2. The van der Waals surface area contributed by atoms with Crippen molar-refractivity contribution in [3.05, 3.63) is 69.8 Å². The molecule has 0 bridgehead atoms. The van der Waals surface area contributed by atoms with Gasteiger partial charge in [-0.15, -0.1) is 5.10 Å². The number of likely N-dealkylation sites (tertiary alicyclic amines) is 1. The van der Waals surface area contributed by atoms with Crippen LogP contribution in [0.15, 0.2) is 36.5 Å². The number of carbonyl (C=O) groups is 1. The molecule has 3 aromatic heterocycles. The van der Waals surface area contributed by atoms with E-state index in [1.807, 2.05) is 28.6 Å². The molecule has 4 aromatic rings. The molecule has 11 heteroatoms. The quantitative estimate of drug-likeness (QED) is 0.310. The molecule has 4 heterocycles. The SMILES string of the molecule is Cn1c(CCCCCC(O)c2cccc(Cl)c2)c(C(=O)N2CC[C@H](c3nnn[nH]3)C2)c2cc(C#N)cnc21. The molecule has 1 aliphatic heterocycles. The van der Waals surface area contributed by atoms with Gasteiger partial charge in [0.1, 0.15) is 11.7 Å². The van der Waals surface area contributed by atoms with Crippen LogP contribution in [0.1, 0.15) is 77.1 Å². The number of halogens is 1. The first-order valence-electron chi connectivity index (χ1n) is 12.8. The first-order chi connectivity index (χ1) is 18.5. The summed E-state index contributed by atoms with van der Waals surface area (Å²) in [7, 11) is 1.92. The van der Waals surface area contributed by atoms with E-state index in [0.29, 0.717) is 58.9 Å². The summed E-state index contributed by atoms with van der Waals surface area (Å²) in [6, 6.07) is 11.2. The van der Waals surface area contributed by atoms with Crippen molar-refractivity contribution in [1.82, 2.24) is 35.1 Å². The molecule has 2 N–H and O–H groups in total. The average Bonchev–Trinajstić information content (AvgIpc) is 3.68. The number of aliphatic hydroxyl groups is 1. The number of benzene rings is 1. The maximum Gasteiger partial charge on any atom is 0.256 e. The van der Waals surface area contributed by atoms with Crippen molar-refractivity contribution >= 4 is 28.5 Å². The molecule has 1 unspecified atom stereocenters. The summed E-state index contributed by atoms with van der Waals surface area (Å²) in [5, 5.41) is 35.5. The zero-order chi connectivity index (χ0) is 26.6. The molecule has 0 radical (unpaired) electrons. The number of aromatic amines is 1. The van der Waals surface area contributed by atoms with Gasteiger partial charge < -0.3 is 14.6 Å². The van der Waals surface area contributed by atoms with E-state index in [2.05, 4.69) is 31.7 Å². The number of nitriles is 1. The van der Waals surface area contributed by atoms with E-state index in [4.69, 9.17) is 11.6 Å². The molecule has 0 saturated carbocycles. The number of aromatic nitrogens is 6. The number of nitrogens with one attached hydrogen (secondary N) is 1. The van der Waals surface area contributed by atoms with Gasteiger partial charge in [-0.25, -0.2) is 10.1 Å². The lowest BCUT2D eigenvalue weighted by atomic mass is 10.0. The van der Waals surface area contributed by atoms with Crippen molar-refractivity contribution in [2.24, 2.45) is 7.05 Å². The number of amides is 1. The number of carbonyl (C=O) groups excluding carboxylic acids is 1. The third-order valence-corrected chi connectivity index (χ3v) is 7.57. The molecule has 1 amide bonds. The largest absolute Gasteiger partial charge is 0.388 e. The molecule has 10 nitrogen and oxygen atoms in total. The Balaban J connectivity index is 1.31. The lowest BCUT2D eigenvalue weighted by Crippen LogP contribution is -2.29. The molecular weight excluding hydrogens is 504 g/mol. The number of hydrogen-bond acceptors (Lipinski definition) is 7. The van der Waals surface area contributed by atoms with E-state index in [-0.39, 0.29) is 11.8 Å². The Labute approximate surface area is 225 Å². The molecule has 1 fully saturated rings. The number of pyridine rings is 1. The Morgan fingerprint density at radius 3 is 2.95 bits per heavy atom. The van der Waals surface area contributed by atoms with Crippen LogP contribution in [0, 0.1) is 11.3 Å². The summed E-state index contributed by atoms with van der Waals surface area (Å²) in [4.78, 5) is 20.2. The van der Waals surface area contributed by atoms with Gasteiger partial charge in [-0.2, -0.15) is 5.26 Å². The number of rotatable bonds is 9. The molecular formula is C27H29ClN8O2. The topological polar surface area (TPSA) is 137 Å². The van der Waals surface area contributed by atoms with E-state index in [1.54, 1.807) is 24.4 Å². The van der Waals surface area contributed by atoms with Crippen LogP contribution in [0.4, 0.5) is 0 Å². The third kappa shape index (κ3) is 5.26. The summed E-state index contributed by atoms with van der Waals surface area (Å²) < 4.78 is 1.97. The number of aryl methyl sites for hydroxylation is 1. The maximum atomic E-state index is 13.9. The number of H-pyrrole nitrogens is 1.